The van der Waals surface area contributed by atoms with Crippen molar-refractivity contribution in [3.63, 3.8) is 0 Å². The van der Waals surface area contributed by atoms with Crippen LogP contribution in [0.4, 0.5) is 0 Å². The second kappa shape index (κ2) is 5.54. The Morgan fingerprint density at radius 2 is 1.96 bits per heavy atom. The molecule has 1 spiro atoms. The van der Waals surface area contributed by atoms with E-state index in [-0.39, 0.29) is 29.2 Å². The molecule has 0 bridgehead atoms. The first-order chi connectivity index (χ1) is 11.5. The van der Waals surface area contributed by atoms with Gasteiger partial charge in [0.2, 0.25) is 0 Å². The maximum absolute atomic E-state index is 12.9. The summed E-state index contributed by atoms with van der Waals surface area (Å²) in [6.07, 6.45) is 0.346. The first-order valence-corrected chi connectivity index (χ1v) is 8.27. The number of rotatable bonds is 2. The van der Waals surface area contributed by atoms with Crippen LogP contribution >= 0.6 is 0 Å². The monoisotopic (exact) mass is 331 g/mol. The number of piperazine rings is 1. The molecule has 1 aromatic rings. The van der Waals surface area contributed by atoms with Gasteiger partial charge in [0.15, 0.2) is 0 Å². The van der Waals surface area contributed by atoms with Crippen molar-refractivity contribution in [1.82, 2.24) is 15.1 Å². The van der Waals surface area contributed by atoms with E-state index >= 15 is 0 Å². The minimum atomic E-state index is -1.03. The number of carbonyl (C=O) groups is 2. The first kappa shape index (κ1) is 15.6. The molecule has 4 rings (SSSR count). The summed E-state index contributed by atoms with van der Waals surface area (Å²) in [6, 6.07) is 6.36. The molecule has 1 amide bonds. The van der Waals surface area contributed by atoms with Gasteiger partial charge in [0.05, 0.1) is 17.2 Å². The normalized spacial score (nSPS) is 28.5. The third-order valence-electron chi connectivity index (χ3n) is 5.47. The number of β-amino-alcohol motifs (C(OH)–C–C–N with tert-alkyl or cyclic N) is 1. The number of hydrogen-bond acceptors (Lipinski definition) is 5. The quantitative estimate of drug-likeness (QED) is 0.684. The Morgan fingerprint density at radius 3 is 2.62 bits per heavy atom. The lowest BCUT2D eigenvalue weighted by atomic mass is 9.85. The molecular formula is C17H21N3O4. The molecule has 0 radical (unpaired) electrons. The molecule has 7 nitrogen and oxygen atoms in total. The third kappa shape index (κ3) is 2.40. The minimum absolute atomic E-state index is 0.0968. The topological polar surface area (TPSA) is 93.1 Å². The lowest BCUT2D eigenvalue weighted by molar-refractivity contribution is -0.0455. The van der Waals surface area contributed by atoms with Gasteiger partial charge in [-0.25, -0.2) is 4.79 Å². The van der Waals surface area contributed by atoms with Gasteiger partial charge in [-0.1, -0.05) is 6.07 Å². The Bertz CT molecular complexity index is 688. The van der Waals surface area contributed by atoms with Gasteiger partial charge in [-0.3, -0.25) is 9.69 Å². The number of aliphatic hydroxyl groups is 1. The zero-order valence-electron chi connectivity index (χ0n) is 13.3. The second-order valence-electron chi connectivity index (χ2n) is 7.10. The van der Waals surface area contributed by atoms with Crippen LogP contribution in [0.25, 0.3) is 0 Å². The number of benzene rings is 1. The second-order valence-corrected chi connectivity index (χ2v) is 7.10. The molecule has 3 N–H and O–H groups in total. The number of aliphatic hydroxyl groups excluding tert-OH is 1. The van der Waals surface area contributed by atoms with Crippen LogP contribution in [-0.4, -0.2) is 82.3 Å². The predicted molar refractivity (Wildman–Crippen MR) is 86.0 cm³/mol. The highest BCUT2D eigenvalue weighted by Crippen LogP contribution is 2.35. The van der Waals surface area contributed by atoms with Crippen LogP contribution < -0.4 is 5.32 Å². The summed E-state index contributed by atoms with van der Waals surface area (Å²) < 4.78 is 0. The van der Waals surface area contributed by atoms with Crippen LogP contribution in [0, 0.1) is 0 Å². The van der Waals surface area contributed by atoms with E-state index < -0.39 is 5.97 Å². The Kier molecular flexibility index (Phi) is 3.59. The molecule has 0 saturated carbocycles. The fourth-order valence-electron chi connectivity index (χ4n) is 4.26. The molecule has 3 heterocycles. The van der Waals surface area contributed by atoms with E-state index in [4.69, 9.17) is 5.11 Å². The van der Waals surface area contributed by atoms with E-state index in [1.807, 2.05) is 4.90 Å². The molecule has 3 aliphatic heterocycles. The van der Waals surface area contributed by atoms with Gasteiger partial charge in [-0.15, -0.1) is 0 Å². The molecule has 0 aliphatic carbocycles. The number of aromatic carboxylic acids is 1. The first-order valence-electron chi connectivity index (χ1n) is 8.27. The highest BCUT2D eigenvalue weighted by molar-refractivity contribution is 5.97. The molecule has 3 fully saturated rings. The average Bonchev–Trinajstić information content (AvgIpc) is 2.92. The van der Waals surface area contributed by atoms with Gasteiger partial charge in [0, 0.05) is 44.3 Å². The Labute approximate surface area is 139 Å². The summed E-state index contributed by atoms with van der Waals surface area (Å²) in [5.74, 6) is -1.17. The number of nitrogens with zero attached hydrogens (tertiary/aromatic N) is 2. The van der Waals surface area contributed by atoms with Crippen LogP contribution in [0.15, 0.2) is 24.3 Å². The molecule has 1 aromatic carbocycles. The van der Waals surface area contributed by atoms with Gasteiger partial charge in [-0.2, -0.15) is 0 Å². The Balaban J connectivity index is 1.59. The fraction of sp³-hybridized carbons (Fsp3) is 0.529. The maximum Gasteiger partial charge on any atom is 0.335 e. The van der Waals surface area contributed by atoms with Gasteiger partial charge in [0.1, 0.15) is 0 Å². The van der Waals surface area contributed by atoms with E-state index in [1.54, 1.807) is 12.1 Å². The smallest absolute Gasteiger partial charge is 0.335 e. The van der Waals surface area contributed by atoms with Gasteiger partial charge in [0.25, 0.3) is 5.91 Å². The number of carboxylic acid groups (broad SMARTS) is 1. The van der Waals surface area contributed by atoms with Crippen molar-refractivity contribution in [2.24, 2.45) is 0 Å². The van der Waals surface area contributed by atoms with E-state index in [1.165, 1.54) is 12.1 Å². The van der Waals surface area contributed by atoms with Crippen molar-refractivity contribution in [2.45, 2.75) is 24.1 Å². The number of nitrogens with one attached hydrogen (secondary N) is 1. The molecule has 2 atom stereocenters. The Hall–Kier alpha value is -1.96. The van der Waals surface area contributed by atoms with Crippen molar-refractivity contribution in [3.8, 4) is 0 Å². The molecule has 24 heavy (non-hydrogen) atoms. The lowest BCUT2D eigenvalue weighted by Gasteiger charge is -2.57. The zero-order valence-corrected chi connectivity index (χ0v) is 13.3. The predicted octanol–water partition coefficient (Wildman–Crippen LogP) is -0.382. The van der Waals surface area contributed by atoms with Gasteiger partial charge >= 0.3 is 5.97 Å². The average molecular weight is 331 g/mol. The number of hydrogen-bond donors (Lipinski definition) is 3. The van der Waals surface area contributed by atoms with Crippen molar-refractivity contribution in [3.05, 3.63) is 35.4 Å². The van der Waals surface area contributed by atoms with Crippen LogP contribution in [-0.2, 0) is 0 Å². The lowest BCUT2D eigenvalue weighted by Crippen LogP contribution is -2.77. The summed E-state index contributed by atoms with van der Waals surface area (Å²) in [7, 11) is 0. The largest absolute Gasteiger partial charge is 0.478 e. The SMILES string of the molecule is O=C(O)c1cccc(C(=O)N2C[C@H]3C[C@@H](O)CN3C3(CNC3)C2)c1. The third-order valence-corrected chi connectivity index (χ3v) is 5.47. The summed E-state index contributed by atoms with van der Waals surface area (Å²) in [5.41, 5.74) is 0.431. The highest BCUT2D eigenvalue weighted by atomic mass is 16.4. The summed E-state index contributed by atoms with van der Waals surface area (Å²) in [5, 5.41) is 22.4. The van der Waals surface area contributed by atoms with Crippen molar-refractivity contribution >= 4 is 11.9 Å². The number of amides is 1. The summed E-state index contributed by atoms with van der Waals surface area (Å²) in [6.45, 7) is 3.49. The molecule has 128 valence electrons. The van der Waals surface area contributed by atoms with Gasteiger partial charge in [-0.05, 0) is 24.6 Å². The van der Waals surface area contributed by atoms with Crippen molar-refractivity contribution in [2.75, 3.05) is 32.7 Å². The van der Waals surface area contributed by atoms with Crippen LogP contribution in [0.3, 0.4) is 0 Å². The van der Waals surface area contributed by atoms with E-state index in [0.717, 1.165) is 13.1 Å². The van der Waals surface area contributed by atoms with Crippen molar-refractivity contribution < 1.29 is 19.8 Å². The Morgan fingerprint density at radius 1 is 1.21 bits per heavy atom. The van der Waals surface area contributed by atoms with Crippen LogP contribution in [0.5, 0.6) is 0 Å². The van der Waals surface area contributed by atoms with Crippen LogP contribution in [0.1, 0.15) is 27.1 Å². The molecule has 0 unspecified atom stereocenters. The van der Waals surface area contributed by atoms with Crippen LogP contribution in [0.2, 0.25) is 0 Å². The number of carbonyl (C=O) groups excluding carboxylic acids is 1. The fourth-order valence-corrected chi connectivity index (χ4v) is 4.26. The summed E-state index contributed by atoms with van der Waals surface area (Å²) >= 11 is 0. The molecule has 0 aromatic heterocycles. The maximum atomic E-state index is 12.9. The molecule has 7 heteroatoms. The van der Waals surface area contributed by atoms with E-state index in [9.17, 15) is 14.7 Å². The van der Waals surface area contributed by atoms with E-state index in [0.29, 0.717) is 31.6 Å². The highest BCUT2D eigenvalue weighted by Gasteiger charge is 2.54. The summed E-state index contributed by atoms with van der Waals surface area (Å²) in [4.78, 5) is 28.2. The molecular weight excluding hydrogens is 310 g/mol. The number of carboxylic acids is 1. The molecule has 3 aliphatic rings. The standard InChI is InChI=1S/C17H21N3O4/c21-14-5-13-6-19(10-17(8-18-9-17)20(13)7-14)15(22)11-2-1-3-12(4-11)16(23)24/h1-4,13-14,18,21H,5-10H2,(H,23,24)/t13-,14-/m1/s1. The number of fused-ring (bicyclic) bond motifs is 2. The molecule has 3 saturated heterocycles. The van der Waals surface area contributed by atoms with Crippen molar-refractivity contribution in [1.29, 1.82) is 0 Å². The van der Waals surface area contributed by atoms with E-state index in [2.05, 4.69) is 10.2 Å². The zero-order chi connectivity index (χ0) is 16.9. The van der Waals surface area contributed by atoms with Gasteiger partial charge < -0.3 is 20.4 Å². The minimum Gasteiger partial charge on any atom is -0.478 e.